The second-order valence-corrected chi connectivity index (χ2v) is 6.79. The molecule has 2 fully saturated rings. The first kappa shape index (κ1) is 15.5. The molecule has 1 aromatic rings. The van der Waals surface area contributed by atoms with Crippen LogP contribution in [0.2, 0.25) is 0 Å². The number of rotatable bonds is 7. The molecule has 3 nitrogen and oxygen atoms in total. The molecule has 1 aromatic carbocycles. The summed E-state index contributed by atoms with van der Waals surface area (Å²) < 4.78 is 0. The van der Waals surface area contributed by atoms with Gasteiger partial charge in [-0.15, -0.1) is 0 Å². The van der Waals surface area contributed by atoms with Crippen LogP contribution >= 0.6 is 0 Å². The molecule has 2 N–H and O–H groups in total. The maximum Gasteiger partial charge on any atom is 0.223 e. The van der Waals surface area contributed by atoms with Crippen LogP contribution < -0.4 is 10.6 Å². The van der Waals surface area contributed by atoms with Gasteiger partial charge in [0.2, 0.25) is 5.91 Å². The molecule has 2 aliphatic carbocycles. The van der Waals surface area contributed by atoms with Crippen molar-refractivity contribution in [1.29, 1.82) is 0 Å². The molecule has 22 heavy (non-hydrogen) atoms. The van der Waals surface area contributed by atoms with Crippen molar-refractivity contribution in [3.63, 3.8) is 0 Å². The molecule has 3 rings (SSSR count). The standard InChI is InChI=1S/C19H28N2O/c22-19(18-14-17(18)15-8-3-1-4-9-15)21-13-7-12-20-16-10-5-2-6-11-16/h1,3-4,8-9,16-18,20H,2,5-7,10-14H2,(H,21,22)/t17-,18+/m0/s1. The molecule has 2 atom stereocenters. The van der Waals surface area contributed by atoms with Crippen LogP contribution in [0.5, 0.6) is 0 Å². The molecular formula is C19H28N2O. The van der Waals surface area contributed by atoms with Gasteiger partial charge in [-0.3, -0.25) is 4.79 Å². The fraction of sp³-hybridized carbons (Fsp3) is 0.632. The van der Waals surface area contributed by atoms with Gasteiger partial charge in [-0.25, -0.2) is 0 Å². The summed E-state index contributed by atoms with van der Waals surface area (Å²) in [6.45, 7) is 1.83. The van der Waals surface area contributed by atoms with Crippen LogP contribution in [-0.2, 0) is 4.79 Å². The lowest BCUT2D eigenvalue weighted by atomic mass is 9.95. The lowest BCUT2D eigenvalue weighted by molar-refractivity contribution is -0.122. The van der Waals surface area contributed by atoms with E-state index in [4.69, 9.17) is 0 Å². The molecule has 2 saturated carbocycles. The molecular weight excluding hydrogens is 272 g/mol. The predicted molar refractivity (Wildman–Crippen MR) is 89.8 cm³/mol. The van der Waals surface area contributed by atoms with Gasteiger partial charge in [0, 0.05) is 18.5 Å². The van der Waals surface area contributed by atoms with Crippen LogP contribution in [0.15, 0.2) is 30.3 Å². The van der Waals surface area contributed by atoms with E-state index in [1.807, 2.05) is 6.07 Å². The van der Waals surface area contributed by atoms with Gasteiger partial charge in [0.05, 0.1) is 0 Å². The number of carbonyl (C=O) groups is 1. The number of hydrogen-bond acceptors (Lipinski definition) is 2. The molecule has 0 bridgehead atoms. The number of hydrogen-bond donors (Lipinski definition) is 2. The first-order chi connectivity index (χ1) is 10.8. The van der Waals surface area contributed by atoms with E-state index in [0.717, 1.165) is 32.0 Å². The Morgan fingerprint density at radius 2 is 1.82 bits per heavy atom. The van der Waals surface area contributed by atoms with Gasteiger partial charge in [-0.05, 0) is 43.7 Å². The highest BCUT2D eigenvalue weighted by atomic mass is 16.2. The number of nitrogens with one attached hydrogen (secondary N) is 2. The van der Waals surface area contributed by atoms with Crippen LogP contribution in [0.3, 0.4) is 0 Å². The van der Waals surface area contributed by atoms with Crippen molar-refractivity contribution in [3.8, 4) is 0 Å². The summed E-state index contributed by atoms with van der Waals surface area (Å²) in [5, 5.41) is 6.73. The van der Waals surface area contributed by atoms with Crippen molar-refractivity contribution in [2.75, 3.05) is 13.1 Å². The predicted octanol–water partition coefficient (Wildman–Crippen LogP) is 3.22. The second kappa shape index (κ2) is 7.77. The first-order valence-electron chi connectivity index (χ1n) is 8.90. The van der Waals surface area contributed by atoms with Gasteiger partial charge in [0.1, 0.15) is 0 Å². The SMILES string of the molecule is O=C(NCCCNC1CCCCC1)[C@@H]1C[C@H]1c1ccccc1. The van der Waals surface area contributed by atoms with Crippen LogP contribution in [0.25, 0.3) is 0 Å². The second-order valence-electron chi connectivity index (χ2n) is 6.79. The number of amides is 1. The molecule has 0 aliphatic heterocycles. The molecule has 0 saturated heterocycles. The average Bonchev–Trinajstić information content (AvgIpc) is 3.37. The summed E-state index contributed by atoms with van der Waals surface area (Å²) in [6.07, 6.45) is 8.84. The van der Waals surface area contributed by atoms with E-state index in [1.165, 1.54) is 37.7 Å². The zero-order valence-corrected chi connectivity index (χ0v) is 13.4. The molecule has 0 unspecified atom stereocenters. The van der Waals surface area contributed by atoms with Crippen molar-refractivity contribution in [2.45, 2.75) is 56.9 Å². The maximum atomic E-state index is 12.1. The first-order valence-corrected chi connectivity index (χ1v) is 8.90. The molecule has 2 aliphatic rings. The van der Waals surface area contributed by atoms with Crippen molar-refractivity contribution in [3.05, 3.63) is 35.9 Å². The number of carbonyl (C=O) groups excluding carboxylic acids is 1. The minimum atomic E-state index is 0.203. The van der Waals surface area contributed by atoms with Gasteiger partial charge in [0.15, 0.2) is 0 Å². The Labute approximate surface area is 133 Å². The minimum absolute atomic E-state index is 0.203. The fourth-order valence-corrected chi connectivity index (χ4v) is 3.60. The third kappa shape index (κ3) is 4.33. The molecule has 0 spiro atoms. The Bertz CT molecular complexity index is 468. The summed E-state index contributed by atoms with van der Waals surface area (Å²) in [6, 6.07) is 11.1. The third-order valence-electron chi connectivity index (χ3n) is 5.05. The highest BCUT2D eigenvalue weighted by Gasteiger charge is 2.43. The molecule has 0 aromatic heterocycles. The Kier molecular flexibility index (Phi) is 5.49. The van der Waals surface area contributed by atoms with Gasteiger partial charge >= 0.3 is 0 Å². The van der Waals surface area contributed by atoms with Crippen LogP contribution in [0.4, 0.5) is 0 Å². The van der Waals surface area contributed by atoms with Crippen molar-refractivity contribution >= 4 is 5.91 Å². The molecule has 0 heterocycles. The van der Waals surface area contributed by atoms with E-state index in [9.17, 15) is 4.79 Å². The summed E-state index contributed by atoms with van der Waals surface area (Å²) in [4.78, 5) is 12.1. The average molecular weight is 300 g/mol. The van der Waals surface area contributed by atoms with Crippen molar-refractivity contribution in [1.82, 2.24) is 10.6 Å². The number of benzene rings is 1. The highest BCUT2D eigenvalue weighted by molar-refractivity contribution is 5.82. The Morgan fingerprint density at radius 1 is 1.05 bits per heavy atom. The quantitative estimate of drug-likeness (QED) is 0.759. The minimum Gasteiger partial charge on any atom is -0.356 e. The topological polar surface area (TPSA) is 41.1 Å². The lowest BCUT2D eigenvalue weighted by Crippen LogP contribution is -2.34. The van der Waals surface area contributed by atoms with E-state index in [-0.39, 0.29) is 11.8 Å². The molecule has 3 heteroatoms. The van der Waals surface area contributed by atoms with Crippen molar-refractivity contribution < 1.29 is 4.79 Å². The van der Waals surface area contributed by atoms with E-state index in [1.54, 1.807) is 0 Å². The zero-order chi connectivity index (χ0) is 15.2. The molecule has 1 amide bonds. The summed E-state index contributed by atoms with van der Waals surface area (Å²) >= 11 is 0. The van der Waals surface area contributed by atoms with E-state index in [0.29, 0.717) is 5.92 Å². The Balaban J connectivity index is 1.27. The van der Waals surface area contributed by atoms with Gasteiger partial charge < -0.3 is 10.6 Å². The van der Waals surface area contributed by atoms with E-state index in [2.05, 4.69) is 34.9 Å². The van der Waals surface area contributed by atoms with Crippen LogP contribution in [0.1, 0.15) is 56.4 Å². The Hall–Kier alpha value is -1.35. The normalized spacial score (nSPS) is 24.9. The highest BCUT2D eigenvalue weighted by Crippen LogP contribution is 2.47. The summed E-state index contributed by atoms with van der Waals surface area (Å²) in [5.74, 6) is 0.891. The van der Waals surface area contributed by atoms with Gasteiger partial charge in [0.25, 0.3) is 0 Å². The van der Waals surface area contributed by atoms with E-state index < -0.39 is 0 Å². The lowest BCUT2D eigenvalue weighted by Gasteiger charge is -2.22. The van der Waals surface area contributed by atoms with Crippen molar-refractivity contribution in [2.24, 2.45) is 5.92 Å². The largest absolute Gasteiger partial charge is 0.356 e. The van der Waals surface area contributed by atoms with Gasteiger partial charge in [-0.2, -0.15) is 0 Å². The fourth-order valence-electron chi connectivity index (χ4n) is 3.60. The zero-order valence-electron chi connectivity index (χ0n) is 13.4. The van der Waals surface area contributed by atoms with Crippen LogP contribution in [0, 0.1) is 5.92 Å². The van der Waals surface area contributed by atoms with Gasteiger partial charge in [-0.1, -0.05) is 49.6 Å². The van der Waals surface area contributed by atoms with E-state index >= 15 is 0 Å². The third-order valence-corrected chi connectivity index (χ3v) is 5.05. The monoisotopic (exact) mass is 300 g/mol. The summed E-state index contributed by atoms with van der Waals surface area (Å²) in [5.41, 5.74) is 1.31. The molecule has 0 radical (unpaired) electrons. The molecule has 120 valence electrons. The van der Waals surface area contributed by atoms with Crippen LogP contribution in [-0.4, -0.2) is 25.0 Å². The smallest absolute Gasteiger partial charge is 0.223 e. The Morgan fingerprint density at radius 3 is 2.59 bits per heavy atom. The summed E-state index contributed by atoms with van der Waals surface area (Å²) in [7, 11) is 0. The maximum absolute atomic E-state index is 12.1.